The van der Waals surface area contributed by atoms with Crippen LogP contribution in [0, 0.1) is 0 Å². The highest BCUT2D eigenvalue weighted by Gasteiger charge is 2.17. The van der Waals surface area contributed by atoms with E-state index in [1.165, 1.54) is 24.1 Å². The molecule has 1 aromatic carbocycles. The Kier molecular flexibility index (Phi) is 4.88. The summed E-state index contributed by atoms with van der Waals surface area (Å²) < 4.78 is 0. The highest BCUT2D eigenvalue weighted by atomic mass is 16.1. The predicted molar refractivity (Wildman–Crippen MR) is 105 cm³/mol. The molecule has 1 amide bonds. The maximum absolute atomic E-state index is 12.6. The van der Waals surface area contributed by atoms with Crippen LogP contribution in [0.4, 0.5) is 0 Å². The zero-order chi connectivity index (χ0) is 18.8. The van der Waals surface area contributed by atoms with Gasteiger partial charge in [0.2, 0.25) is 0 Å². The number of aromatic nitrogens is 4. The van der Waals surface area contributed by atoms with Crippen molar-refractivity contribution in [3.63, 3.8) is 0 Å². The molecule has 2 heterocycles. The van der Waals surface area contributed by atoms with Crippen molar-refractivity contribution >= 4 is 16.9 Å². The number of carbonyl (C=O) groups excluding carboxylic acids is 1. The molecular formula is C21H25N5O. The van der Waals surface area contributed by atoms with Crippen LogP contribution in [0.25, 0.3) is 11.0 Å². The van der Waals surface area contributed by atoms with E-state index in [0.717, 1.165) is 53.8 Å². The highest BCUT2D eigenvalue weighted by Crippen LogP contribution is 2.22. The Morgan fingerprint density at radius 2 is 1.78 bits per heavy atom. The minimum Gasteiger partial charge on any atom is -0.346 e. The van der Waals surface area contributed by atoms with E-state index in [-0.39, 0.29) is 5.91 Å². The van der Waals surface area contributed by atoms with Crippen molar-refractivity contribution < 1.29 is 4.79 Å². The van der Waals surface area contributed by atoms with Crippen LogP contribution in [0.15, 0.2) is 18.2 Å². The quantitative estimate of drug-likeness (QED) is 0.729. The summed E-state index contributed by atoms with van der Waals surface area (Å²) in [7, 11) is 0. The molecule has 6 nitrogen and oxygen atoms in total. The fourth-order valence-corrected chi connectivity index (χ4v) is 3.80. The normalized spacial score (nSPS) is 13.6. The van der Waals surface area contributed by atoms with Gasteiger partial charge in [-0.15, -0.1) is 0 Å². The second-order valence-electron chi connectivity index (χ2n) is 7.04. The number of H-pyrrole nitrogens is 1. The molecule has 140 valence electrons. The molecule has 1 aliphatic rings. The first-order valence-corrected chi connectivity index (χ1v) is 9.82. The Bertz CT molecular complexity index is 992. The molecule has 0 saturated carbocycles. The molecule has 0 fully saturated rings. The smallest absolute Gasteiger partial charge is 0.251 e. The maximum Gasteiger partial charge on any atom is 0.251 e. The number of hydrogen-bond acceptors (Lipinski definition) is 4. The largest absolute Gasteiger partial charge is 0.346 e. The summed E-state index contributed by atoms with van der Waals surface area (Å²) in [5.74, 6) is -0.108. The molecule has 27 heavy (non-hydrogen) atoms. The van der Waals surface area contributed by atoms with E-state index in [9.17, 15) is 4.79 Å². The lowest BCUT2D eigenvalue weighted by Gasteiger charge is -2.12. The van der Waals surface area contributed by atoms with Crippen LogP contribution in [0.2, 0.25) is 0 Å². The molecular weight excluding hydrogens is 338 g/mol. The summed E-state index contributed by atoms with van der Waals surface area (Å²) in [5.41, 5.74) is 7.72. The molecule has 0 atom stereocenters. The highest BCUT2D eigenvalue weighted by molar-refractivity contribution is 5.97. The second kappa shape index (κ2) is 7.47. The van der Waals surface area contributed by atoms with E-state index in [2.05, 4.69) is 29.4 Å². The van der Waals surface area contributed by atoms with Gasteiger partial charge in [-0.05, 0) is 62.3 Å². The van der Waals surface area contributed by atoms with E-state index < -0.39 is 0 Å². The predicted octanol–water partition coefficient (Wildman–Crippen LogP) is 3.29. The molecule has 0 radical (unpaired) electrons. The van der Waals surface area contributed by atoms with Crippen LogP contribution in [-0.2, 0) is 32.2 Å². The molecule has 4 rings (SSSR count). The van der Waals surface area contributed by atoms with Crippen LogP contribution in [-0.4, -0.2) is 26.1 Å². The number of rotatable bonds is 5. The molecule has 2 N–H and O–H groups in total. The number of benzene rings is 1. The molecule has 0 saturated heterocycles. The third-order valence-corrected chi connectivity index (χ3v) is 5.31. The number of nitrogens with zero attached hydrogens (tertiary/aromatic N) is 3. The fourth-order valence-electron chi connectivity index (χ4n) is 3.80. The van der Waals surface area contributed by atoms with Gasteiger partial charge >= 0.3 is 0 Å². The van der Waals surface area contributed by atoms with Crippen molar-refractivity contribution in [3.05, 3.63) is 52.1 Å². The van der Waals surface area contributed by atoms with Crippen molar-refractivity contribution in [1.82, 2.24) is 25.5 Å². The lowest BCUT2D eigenvalue weighted by Crippen LogP contribution is -2.23. The van der Waals surface area contributed by atoms with E-state index in [1.54, 1.807) is 0 Å². The van der Waals surface area contributed by atoms with Crippen molar-refractivity contribution in [3.8, 4) is 0 Å². The summed E-state index contributed by atoms with van der Waals surface area (Å²) in [6.07, 6.45) is 6.20. The zero-order valence-electron chi connectivity index (χ0n) is 15.9. The molecule has 0 spiro atoms. The molecule has 6 heteroatoms. The summed E-state index contributed by atoms with van der Waals surface area (Å²) in [6.45, 7) is 4.62. The average Bonchev–Trinajstić information content (AvgIpc) is 3.13. The van der Waals surface area contributed by atoms with Crippen molar-refractivity contribution in [1.29, 1.82) is 0 Å². The van der Waals surface area contributed by atoms with Crippen LogP contribution >= 0.6 is 0 Å². The van der Waals surface area contributed by atoms with Gasteiger partial charge in [-0.25, -0.2) is 9.97 Å². The number of carbonyl (C=O) groups is 1. The van der Waals surface area contributed by atoms with Crippen molar-refractivity contribution in [2.24, 2.45) is 0 Å². The standard InChI is InChI=1S/C21H25N5O/c1-3-15-16(4-2)24-19-11-13(9-10-18(19)23-15)21(27)22-12-20-14-7-5-6-8-17(14)25-26-20/h9-11H,3-8,12H2,1-2H3,(H,22,27)(H,25,26). The van der Waals surface area contributed by atoms with Gasteiger partial charge in [0.25, 0.3) is 5.91 Å². The van der Waals surface area contributed by atoms with Crippen LogP contribution in [0.3, 0.4) is 0 Å². The summed E-state index contributed by atoms with van der Waals surface area (Å²) >= 11 is 0. The Morgan fingerprint density at radius 1 is 1.04 bits per heavy atom. The zero-order valence-corrected chi connectivity index (χ0v) is 15.9. The molecule has 3 aromatic rings. The average molecular weight is 363 g/mol. The first kappa shape index (κ1) is 17.6. The summed E-state index contributed by atoms with van der Waals surface area (Å²) in [6, 6.07) is 5.53. The van der Waals surface area contributed by atoms with Crippen molar-refractivity contribution in [2.75, 3.05) is 0 Å². The molecule has 0 aliphatic heterocycles. The minimum atomic E-state index is -0.108. The van der Waals surface area contributed by atoms with Gasteiger partial charge < -0.3 is 5.32 Å². The Labute approximate surface area is 158 Å². The van der Waals surface area contributed by atoms with Crippen LogP contribution < -0.4 is 5.32 Å². The Hall–Kier alpha value is -2.76. The van der Waals surface area contributed by atoms with Crippen molar-refractivity contribution in [2.45, 2.75) is 58.9 Å². The molecule has 2 aromatic heterocycles. The summed E-state index contributed by atoms with van der Waals surface area (Å²) in [4.78, 5) is 22.0. The fraction of sp³-hybridized carbons (Fsp3) is 0.429. The van der Waals surface area contributed by atoms with Gasteiger partial charge in [0.05, 0.1) is 34.7 Å². The number of aromatic amines is 1. The topological polar surface area (TPSA) is 83.6 Å². The lowest BCUT2D eigenvalue weighted by atomic mass is 9.96. The van der Waals surface area contributed by atoms with E-state index in [4.69, 9.17) is 9.97 Å². The third kappa shape index (κ3) is 3.44. The second-order valence-corrected chi connectivity index (χ2v) is 7.04. The third-order valence-electron chi connectivity index (χ3n) is 5.31. The maximum atomic E-state index is 12.6. The van der Waals surface area contributed by atoms with Gasteiger partial charge in [0.15, 0.2) is 0 Å². The lowest BCUT2D eigenvalue weighted by molar-refractivity contribution is 0.0950. The molecule has 0 bridgehead atoms. The van der Waals surface area contributed by atoms with Gasteiger partial charge in [0, 0.05) is 11.3 Å². The monoisotopic (exact) mass is 363 g/mol. The number of amides is 1. The Morgan fingerprint density at radius 3 is 2.56 bits per heavy atom. The first-order chi connectivity index (χ1) is 13.2. The molecule has 0 unspecified atom stereocenters. The van der Waals surface area contributed by atoms with Crippen LogP contribution in [0.1, 0.15) is 65.4 Å². The number of aryl methyl sites for hydroxylation is 3. The number of nitrogens with one attached hydrogen (secondary N) is 2. The Balaban J connectivity index is 1.53. The van der Waals surface area contributed by atoms with E-state index in [1.807, 2.05) is 18.2 Å². The van der Waals surface area contributed by atoms with Gasteiger partial charge in [-0.2, -0.15) is 5.10 Å². The first-order valence-electron chi connectivity index (χ1n) is 9.82. The van der Waals surface area contributed by atoms with Gasteiger partial charge in [0.1, 0.15) is 0 Å². The summed E-state index contributed by atoms with van der Waals surface area (Å²) in [5, 5.41) is 10.5. The van der Waals surface area contributed by atoms with Gasteiger partial charge in [-0.1, -0.05) is 13.8 Å². The van der Waals surface area contributed by atoms with Gasteiger partial charge in [-0.3, -0.25) is 9.89 Å². The SMILES string of the molecule is CCc1nc2ccc(C(=O)NCc3n[nH]c4c3CCCC4)cc2nc1CC. The number of fused-ring (bicyclic) bond motifs is 2. The van der Waals surface area contributed by atoms with E-state index >= 15 is 0 Å². The minimum absolute atomic E-state index is 0.108. The molecule has 1 aliphatic carbocycles. The van der Waals surface area contributed by atoms with Crippen LogP contribution in [0.5, 0.6) is 0 Å². The van der Waals surface area contributed by atoms with E-state index in [0.29, 0.717) is 12.1 Å². The number of hydrogen-bond donors (Lipinski definition) is 2.